The van der Waals surface area contributed by atoms with E-state index in [0.29, 0.717) is 0 Å². The van der Waals surface area contributed by atoms with Crippen LogP contribution in [0, 0.1) is 5.92 Å². The van der Waals surface area contributed by atoms with Gasteiger partial charge < -0.3 is 5.32 Å². The van der Waals surface area contributed by atoms with Crippen LogP contribution in [0.3, 0.4) is 0 Å². The molecule has 50 valence electrons. The van der Waals surface area contributed by atoms with Crippen molar-refractivity contribution in [3.8, 4) is 0 Å². The van der Waals surface area contributed by atoms with Crippen LogP contribution in [0.5, 0.6) is 0 Å². The third kappa shape index (κ3) is 0.904. The summed E-state index contributed by atoms with van der Waals surface area (Å²) in [6.45, 7) is 4.63. The van der Waals surface area contributed by atoms with Gasteiger partial charge in [-0.05, 0) is 11.8 Å². The van der Waals surface area contributed by atoms with Crippen LogP contribution in [0.4, 0.5) is 0 Å². The Morgan fingerprint density at radius 1 is 1.67 bits per heavy atom. The van der Waals surface area contributed by atoms with Gasteiger partial charge in [-0.3, -0.25) is 0 Å². The molecule has 0 radical (unpaired) electrons. The summed E-state index contributed by atoms with van der Waals surface area (Å²) < 4.78 is 0. The summed E-state index contributed by atoms with van der Waals surface area (Å²) in [5.74, 6) is 0.843. The molecule has 0 spiro atoms. The van der Waals surface area contributed by atoms with Crippen molar-refractivity contribution in [2.45, 2.75) is 12.2 Å². The maximum absolute atomic E-state index is 3.38. The van der Waals surface area contributed by atoms with Gasteiger partial charge in [0.25, 0.3) is 0 Å². The molecule has 0 saturated carbocycles. The number of hydrogen-bond acceptors (Lipinski definition) is 2. The Bertz CT molecular complexity index is 153. The summed E-state index contributed by atoms with van der Waals surface area (Å²) in [6, 6.07) is 0. The van der Waals surface area contributed by atoms with Crippen LogP contribution in [0.25, 0.3) is 0 Å². The molecular weight excluding hydrogens is 130 g/mol. The molecule has 2 aliphatic rings. The lowest BCUT2D eigenvalue weighted by atomic mass is 10.1. The Hall–Kier alpha value is 0.0500. The molecule has 1 nitrogen and oxygen atoms in total. The topological polar surface area (TPSA) is 12.0 Å². The van der Waals surface area contributed by atoms with Crippen molar-refractivity contribution < 1.29 is 0 Å². The van der Waals surface area contributed by atoms with Crippen molar-refractivity contribution in [1.82, 2.24) is 5.32 Å². The Labute approximate surface area is 59.9 Å². The van der Waals surface area contributed by atoms with E-state index in [-0.39, 0.29) is 0 Å². The molecular formula is C7H11NS. The Balaban J connectivity index is 2.13. The first kappa shape index (κ1) is 5.81. The van der Waals surface area contributed by atoms with Crippen molar-refractivity contribution in [2.75, 3.05) is 13.1 Å². The standard InChI is InChI=1S/C7H11NS/c1-5-2-6-3-8-4-7(6)9-5/h2,6-8H,3-4H2,1H3. The fraction of sp³-hybridized carbons (Fsp3) is 0.714. The monoisotopic (exact) mass is 141 g/mol. The van der Waals surface area contributed by atoms with Crippen LogP contribution in [0.15, 0.2) is 11.0 Å². The number of nitrogens with one attached hydrogen (secondary N) is 1. The van der Waals surface area contributed by atoms with Crippen LogP contribution in [0.1, 0.15) is 6.92 Å². The number of fused-ring (bicyclic) bond motifs is 1. The lowest BCUT2D eigenvalue weighted by Gasteiger charge is -2.02. The normalized spacial score (nSPS) is 40.8. The smallest absolute Gasteiger partial charge is 0.0291 e. The minimum atomic E-state index is 0.843. The predicted molar refractivity (Wildman–Crippen MR) is 41.5 cm³/mol. The molecule has 0 aliphatic carbocycles. The number of allylic oxidation sites excluding steroid dienone is 1. The van der Waals surface area contributed by atoms with E-state index in [9.17, 15) is 0 Å². The van der Waals surface area contributed by atoms with Gasteiger partial charge in [-0.25, -0.2) is 0 Å². The minimum Gasteiger partial charge on any atom is -0.315 e. The zero-order chi connectivity index (χ0) is 6.27. The molecule has 1 N–H and O–H groups in total. The third-order valence-corrected chi connectivity index (χ3v) is 3.32. The van der Waals surface area contributed by atoms with Gasteiger partial charge in [0.2, 0.25) is 0 Å². The van der Waals surface area contributed by atoms with Crippen LogP contribution in [-0.2, 0) is 0 Å². The van der Waals surface area contributed by atoms with Gasteiger partial charge in [0.1, 0.15) is 0 Å². The molecule has 1 saturated heterocycles. The van der Waals surface area contributed by atoms with Gasteiger partial charge in [-0.15, -0.1) is 11.8 Å². The second kappa shape index (κ2) is 2.03. The molecule has 9 heavy (non-hydrogen) atoms. The summed E-state index contributed by atoms with van der Waals surface area (Å²) in [5, 5.41) is 4.25. The molecule has 1 fully saturated rings. The first-order valence-electron chi connectivity index (χ1n) is 3.42. The summed E-state index contributed by atoms with van der Waals surface area (Å²) in [7, 11) is 0. The van der Waals surface area contributed by atoms with E-state index in [0.717, 1.165) is 11.2 Å². The second-order valence-electron chi connectivity index (χ2n) is 2.76. The quantitative estimate of drug-likeness (QED) is 0.544. The molecule has 0 aromatic carbocycles. The molecule has 0 bridgehead atoms. The first-order valence-corrected chi connectivity index (χ1v) is 4.30. The first-order chi connectivity index (χ1) is 4.36. The van der Waals surface area contributed by atoms with Gasteiger partial charge in [0, 0.05) is 24.3 Å². The molecule has 0 aromatic heterocycles. The van der Waals surface area contributed by atoms with Crippen LogP contribution in [0.2, 0.25) is 0 Å². The molecule has 2 aliphatic heterocycles. The molecule has 2 heterocycles. The van der Waals surface area contributed by atoms with Gasteiger partial charge in [-0.1, -0.05) is 6.08 Å². The highest BCUT2D eigenvalue weighted by molar-refractivity contribution is 8.03. The molecule has 0 aromatic rings. The van der Waals surface area contributed by atoms with E-state index >= 15 is 0 Å². The van der Waals surface area contributed by atoms with E-state index < -0.39 is 0 Å². The molecule has 0 amide bonds. The minimum absolute atomic E-state index is 0.843. The average molecular weight is 141 g/mol. The highest BCUT2D eigenvalue weighted by atomic mass is 32.2. The highest BCUT2D eigenvalue weighted by Gasteiger charge is 2.30. The lowest BCUT2D eigenvalue weighted by Crippen LogP contribution is -2.09. The lowest BCUT2D eigenvalue weighted by molar-refractivity contribution is 0.747. The molecule has 2 rings (SSSR count). The zero-order valence-electron chi connectivity index (χ0n) is 5.55. The van der Waals surface area contributed by atoms with Crippen molar-refractivity contribution in [3.63, 3.8) is 0 Å². The van der Waals surface area contributed by atoms with Crippen molar-refractivity contribution in [3.05, 3.63) is 11.0 Å². The van der Waals surface area contributed by atoms with Crippen molar-refractivity contribution >= 4 is 11.8 Å². The molecule has 2 atom stereocenters. The van der Waals surface area contributed by atoms with E-state index in [1.54, 1.807) is 0 Å². The van der Waals surface area contributed by atoms with Crippen molar-refractivity contribution in [2.24, 2.45) is 5.92 Å². The van der Waals surface area contributed by atoms with Gasteiger partial charge >= 0.3 is 0 Å². The Morgan fingerprint density at radius 2 is 2.56 bits per heavy atom. The Morgan fingerprint density at radius 3 is 3.33 bits per heavy atom. The van der Waals surface area contributed by atoms with Crippen LogP contribution >= 0.6 is 11.8 Å². The number of thioether (sulfide) groups is 1. The van der Waals surface area contributed by atoms with E-state index in [4.69, 9.17) is 0 Å². The van der Waals surface area contributed by atoms with Gasteiger partial charge in [-0.2, -0.15) is 0 Å². The zero-order valence-corrected chi connectivity index (χ0v) is 6.37. The fourth-order valence-corrected chi connectivity index (χ4v) is 2.83. The van der Waals surface area contributed by atoms with Gasteiger partial charge in [0.15, 0.2) is 0 Å². The van der Waals surface area contributed by atoms with Crippen LogP contribution in [-0.4, -0.2) is 18.3 Å². The number of hydrogen-bond donors (Lipinski definition) is 1. The second-order valence-corrected chi connectivity index (χ2v) is 4.24. The maximum Gasteiger partial charge on any atom is 0.0291 e. The van der Waals surface area contributed by atoms with E-state index in [1.165, 1.54) is 18.0 Å². The summed E-state index contributed by atoms with van der Waals surface area (Å²) in [4.78, 5) is 1.52. The van der Waals surface area contributed by atoms with Crippen LogP contribution < -0.4 is 5.32 Å². The van der Waals surface area contributed by atoms with E-state index in [2.05, 4.69) is 18.3 Å². The van der Waals surface area contributed by atoms with E-state index in [1.807, 2.05) is 11.8 Å². The predicted octanol–water partition coefficient (Wildman–Crippen LogP) is 1.23. The highest BCUT2D eigenvalue weighted by Crippen LogP contribution is 2.37. The van der Waals surface area contributed by atoms with Crippen molar-refractivity contribution in [1.29, 1.82) is 0 Å². The largest absolute Gasteiger partial charge is 0.315 e. The third-order valence-electron chi connectivity index (χ3n) is 1.99. The summed E-state index contributed by atoms with van der Waals surface area (Å²) >= 11 is 2.03. The average Bonchev–Trinajstić information content (AvgIpc) is 2.22. The summed E-state index contributed by atoms with van der Waals surface area (Å²) in [5.41, 5.74) is 0. The molecule has 2 unspecified atom stereocenters. The van der Waals surface area contributed by atoms with Gasteiger partial charge in [0.05, 0.1) is 0 Å². The molecule has 2 heteroatoms. The SMILES string of the molecule is CC1=CC2CNCC2S1. The summed E-state index contributed by atoms with van der Waals surface area (Å²) in [6.07, 6.45) is 2.40. The fourth-order valence-electron chi connectivity index (χ4n) is 1.55. The maximum atomic E-state index is 3.38. The number of rotatable bonds is 0. The Kier molecular flexibility index (Phi) is 1.31.